The van der Waals surface area contributed by atoms with Crippen LogP contribution in [0.15, 0.2) is 24.4 Å². The zero-order chi connectivity index (χ0) is 10.8. The number of nitrogens with zero attached hydrogens (tertiary/aromatic N) is 2. The molecule has 1 N–H and O–H groups in total. The maximum atomic E-state index is 10.4. The van der Waals surface area contributed by atoms with Gasteiger partial charge in [-0.3, -0.25) is 9.48 Å². The number of rotatable bonds is 3. The van der Waals surface area contributed by atoms with E-state index >= 15 is 0 Å². The van der Waals surface area contributed by atoms with E-state index < -0.39 is 5.97 Å². The summed E-state index contributed by atoms with van der Waals surface area (Å²) in [5, 5.41) is 14.3. The molecule has 15 heavy (non-hydrogen) atoms. The van der Waals surface area contributed by atoms with Crippen molar-refractivity contribution in [2.45, 2.75) is 13.0 Å². The molecule has 0 aliphatic rings. The number of aliphatic carboxylic acids is 1. The maximum Gasteiger partial charge on any atom is 0.305 e. The smallest absolute Gasteiger partial charge is 0.305 e. The van der Waals surface area contributed by atoms with E-state index in [9.17, 15) is 4.79 Å². The molecule has 0 amide bonds. The number of aryl methyl sites for hydroxylation is 1. The van der Waals surface area contributed by atoms with Crippen molar-refractivity contribution in [3.05, 3.63) is 29.4 Å². The first kappa shape index (κ1) is 9.98. The molecule has 0 radical (unpaired) electrons. The molecule has 0 spiro atoms. The van der Waals surface area contributed by atoms with E-state index in [0.29, 0.717) is 11.6 Å². The van der Waals surface area contributed by atoms with E-state index in [1.165, 1.54) is 0 Å². The summed E-state index contributed by atoms with van der Waals surface area (Å²) in [6, 6.07) is 5.43. The van der Waals surface area contributed by atoms with E-state index in [-0.39, 0.29) is 6.42 Å². The summed E-state index contributed by atoms with van der Waals surface area (Å²) in [5.74, 6) is -0.833. The number of aromatic nitrogens is 2. The van der Waals surface area contributed by atoms with Gasteiger partial charge in [0.2, 0.25) is 0 Å². The number of fused-ring (bicyclic) bond motifs is 1. The predicted octanol–water partition coefficient (Wildman–Crippen LogP) is 2.16. The van der Waals surface area contributed by atoms with Crippen LogP contribution in [-0.2, 0) is 11.3 Å². The van der Waals surface area contributed by atoms with Gasteiger partial charge in [-0.15, -0.1) is 0 Å². The zero-order valence-corrected chi connectivity index (χ0v) is 8.61. The molecule has 0 saturated heterocycles. The number of hydrogen-bond donors (Lipinski definition) is 1. The third-order valence-electron chi connectivity index (χ3n) is 2.14. The van der Waals surface area contributed by atoms with Crippen molar-refractivity contribution >= 4 is 28.5 Å². The van der Waals surface area contributed by atoms with Gasteiger partial charge in [-0.05, 0) is 18.2 Å². The minimum atomic E-state index is -0.833. The van der Waals surface area contributed by atoms with Gasteiger partial charge in [0, 0.05) is 10.4 Å². The molecule has 78 valence electrons. The fraction of sp³-hybridized carbons (Fsp3) is 0.200. The molecule has 4 nitrogen and oxygen atoms in total. The second kappa shape index (κ2) is 3.90. The van der Waals surface area contributed by atoms with Crippen LogP contribution in [0.1, 0.15) is 6.42 Å². The largest absolute Gasteiger partial charge is 0.481 e. The minimum Gasteiger partial charge on any atom is -0.481 e. The Morgan fingerprint density at radius 3 is 3.07 bits per heavy atom. The lowest BCUT2D eigenvalue weighted by molar-refractivity contribution is -0.137. The van der Waals surface area contributed by atoms with Crippen LogP contribution >= 0.6 is 11.6 Å². The van der Waals surface area contributed by atoms with Gasteiger partial charge in [0.15, 0.2) is 0 Å². The molecule has 2 rings (SSSR count). The highest BCUT2D eigenvalue weighted by atomic mass is 35.5. The lowest BCUT2D eigenvalue weighted by Crippen LogP contribution is -2.05. The molecule has 1 aromatic carbocycles. The molecule has 0 bridgehead atoms. The summed E-state index contributed by atoms with van der Waals surface area (Å²) in [5.41, 5.74) is 0.865. The Hall–Kier alpha value is -1.55. The van der Waals surface area contributed by atoms with Crippen LogP contribution in [0, 0.1) is 0 Å². The molecule has 0 saturated carbocycles. The van der Waals surface area contributed by atoms with Crippen molar-refractivity contribution < 1.29 is 9.90 Å². The molecular formula is C10H9ClN2O2. The summed E-state index contributed by atoms with van der Waals surface area (Å²) in [6.07, 6.45) is 1.76. The van der Waals surface area contributed by atoms with Crippen molar-refractivity contribution in [1.29, 1.82) is 0 Å². The number of halogens is 1. The van der Waals surface area contributed by atoms with Crippen molar-refractivity contribution in [1.82, 2.24) is 9.78 Å². The number of carbonyl (C=O) groups is 1. The summed E-state index contributed by atoms with van der Waals surface area (Å²) in [4.78, 5) is 10.4. The van der Waals surface area contributed by atoms with E-state index in [1.807, 2.05) is 6.07 Å². The average molecular weight is 225 g/mol. The van der Waals surface area contributed by atoms with Gasteiger partial charge >= 0.3 is 5.97 Å². The summed E-state index contributed by atoms with van der Waals surface area (Å²) < 4.78 is 1.65. The third kappa shape index (κ3) is 2.10. The lowest BCUT2D eigenvalue weighted by atomic mass is 10.2. The van der Waals surface area contributed by atoms with Crippen LogP contribution in [0.5, 0.6) is 0 Å². The van der Waals surface area contributed by atoms with Crippen molar-refractivity contribution in [3.8, 4) is 0 Å². The fourth-order valence-electron chi connectivity index (χ4n) is 1.42. The van der Waals surface area contributed by atoms with Gasteiger partial charge in [0.1, 0.15) is 0 Å². The SMILES string of the molecule is O=C(O)CCn1ncc2ccc(Cl)cc21. The Morgan fingerprint density at radius 2 is 2.33 bits per heavy atom. The van der Waals surface area contributed by atoms with Gasteiger partial charge < -0.3 is 5.11 Å². The molecular weight excluding hydrogens is 216 g/mol. The normalized spacial score (nSPS) is 10.7. The van der Waals surface area contributed by atoms with Gasteiger partial charge in [0.25, 0.3) is 0 Å². The first-order valence-corrected chi connectivity index (χ1v) is 4.87. The molecule has 0 unspecified atom stereocenters. The van der Waals surface area contributed by atoms with Crippen LogP contribution in [0.4, 0.5) is 0 Å². The van der Waals surface area contributed by atoms with Crippen molar-refractivity contribution in [2.75, 3.05) is 0 Å². The van der Waals surface area contributed by atoms with E-state index in [2.05, 4.69) is 5.10 Å². The van der Waals surface area contributed by atoms with Gasteiger partial charge in [-0.2, -0.15) is 5.10 Å². The number of carboxylic acids is 1. The molecule has 0 aliphatic heterocycles. The average Bonchev–Trinajstić information content (AvgIpc) is 2.57. The highest BCUT2D eigenvalue weighted by Gasteiger charge is 2.04. The number of carboxylic acid groups (broad SMARTS) is 1. The molecule has 2 aromatic rings. The van der Waals surface area contributed by atoms with Crippen LogP contribution in [-0.4, -0.2) is 20.9 Å². The van der Waals surface area contributed by atoms with Crippen LogP contribution in [0.2, 0.25) is 5.02 Å². The van der Waals surface area contributed by atoms with E-state index in [1.54, 1.807) is 23.0 Å². The number of benzene rings is 1. The van der Waals surface area contributed by atoms with Gasteiger partial charge in [-0.1, -0.05) is 11.6 Å². The third-order valence-corrected chi connectivity index (χ3v) is 2.38. The van der Waals surface area contributed by atoms with Crippen molar-refractivity contribution in [3.63, 3.8) is 0 Å². The second-order valence-electron chi connectivity index (χ2n) is 3.21. The summed E-state index contributed by atoms with van der Waals surface area (Å²) >= 11 is 5.85. The van der Waals surface area contributed by atoms with Gasteiger partial charge in [-0.25, -0.2) is 0 Å². The van der Waals surface area contributed by atoms with Crippen molar-refractivity contribution in [2.24, 2.45) is 0 Å². The Balaban J connectivity index is 2.35. The second-order valence-corrected chi connectivity index (χ2v) is 3.65. The van der Waals surface area contributed by atoms with Crippen LogP contribution in [0.25, 0.3) is 10.9 Å². The Morgan fingerprint density at radius 1 is 1.53 bits per heavy atom. The predicted molar refractivity (Wildman–Crippen MR) is 57.0 cm³/mol. The topological polar surface area (TPSA) is 55.1 Å². The Kier molecular flexibility index (Phi) is 2.60. The van der Waals surface area contributed by atoms with E-state index in [0.717, 1.165) is 10.9 Å². The van der Waals surface area contributed by atoms with E-state index in [4.69, 9.17) is 16.7 Å². The molecule has 1 heterocycles. The quantitative estimate of drug-likeness (QED) is 0.869. The molecule has 5 heteroatoms. The molecule has 0 atom stereocenters. The molecule has 0 aliphatic carbocycles. The molecule has 0 fully saturated rings. The number of hydrogen-bond acceptors (Lipinski definition) is 2. The standard InChI is InChI=1S/C10H9ClN2O2/c11-8-2-1-7-6-12-13(9(7)5-8)4-3-10(14)15/h1-2,5-6H,3-4H2,(H,14,15). The lowest BCUT2D eigenvalue weighted by Gasteiger charge is -2.00. The first-order valence-electron chi connectivity index (χ1n) is 4.50. The highest BCUT2D eigenvalue weighted by Crippen LogP contribution is 2.18. The summed E-state index contributed by atoms with van der Waals surface area (Å²) in [6.45, 7) is 0.360. The highest BCUT2D eigenvalue weighted by molar-refractivity contribution is 6.31. The Labute approximate surface area is 91.1 Å². The fourth-order valence-corrected chi connectivity index (χ4v) is 1.59. The van der Waals surface area contributed by atoms with Crippen LogP contribution in [0.3, 0.4) is 0 Å². The minimum absolute atomic E-state index is 0.0588. The van der Waals surface area contributed by atoms with Crippen LogP contribution < -0.4 is 0 Å². The maximum absolute atomic E-state index is 10.4. The first-order chi connectivity index (χ1) is 7.16. The van der Waals surface area contributed by atoms with Gasteiger partial charge in [0.05, 0.1) is 24.7 Å². The Bertz CT molecular complexity index is 507. The summed E-state index contributed by atoms with van der Waals surface area (Å²) in [7, 11) is 0. The molecule has 1 aromatic heterocycles. The zero-order valence-electron chi connectivity index (χ0n) is 7.85. The monoisotopic (exact) mass is 224 g/mol.